The molecule has 84 valence electrons. The van der Waals surface area contributed by atoms with Crippen LogP contribution in [0.1, 0.15) is 6.92 Å². The third kappa shape index (κ3) is 1.58. The summed E-state index contributed by atoms with van der Waals surface area (Å²) in [4.78, 5) is 2.15. The molecule has 1 aliphatic heterocycles. The summed E-state index contributed by atoms with van der Waals surface area (Å²) in [6.45, 7) is 2.01. The molecule has 3 rings (SSSR count). The lowest BCUT2D eigenvalue weighted by Gasteiger charge is -2.29. The molecule has 0 amide bonds. The molecule has 0 N–H and O–H groups in total. The maximum atomic E-state index is 5.88. The molecule has 0 saturated heterocycles. The van der Waals surface area contributed by atoms with Crippen molar-refractivity contribution in [1.29, 1.82) is 0 Å². The van der Waals surface area contributed by atoms with Gasteiger partial charge in [0.15, 0.2) is 11.5 Å². The first-order valence-electron chi connectivity index (χ1n) is 5.68. The van der Waals surface area contributed by atoms with E-state index in [2.05, 4.69) is 23.2 Å². The maximum absolute atomic E-state index is 5.88. The number of anilines is 2. The first-order valence-corrected chi connectivity index (χ1v) is 5.68. The topological polar surface area (TPSA) is 12.5 Å². The van der Waals surface area contributed by atoms with Crippen LogP contribution in [0.25, 0.3) is 0 Å². The fourth-order valence-electron chi connectivity index (χ4n) is 2.04. The third-order valence-corrected chi connectivity index (χ3v) is 2.77. The van der Waals surface area contributed by atoms with Crippen LogP contribution in [0, 0.1) is 0 Å². The Kier molecular flexibility index (Phi) is 2.33. The number of hydrogen-bond acceptors (Lipinski definition) is 2. The normalized spacial score (nSPS) is 13.1. The monoisotopic (exact) mass is 223 g/mol. The number of hydrogen-bond donors (Lipinski definition) is 0. The minimum atomic E-state index is 0.893. The van der Waals surface area contributed by atoms with Crippen molar-refractivity contribution in [3.05, 3.63) is 60.8 Å². The zero-order valence-electron chi connectivity index (χ0n) is 9.63. The van der Waals surface area contributed by atoms with Gasteiger partial charge >= 0.3 is 0 Å². The molecule has 0 radical (unpaired) electrons. The molecule has 1 aliphatic rings. The Morgan fingerprint density at radius 2 is 1.41 bits per heavy atom. The van der Waals surface area contributed by atoms with Crippen LogP contribution < -0.4 is 9.64 Å². The molecule has 0 atom stereocenters. The van der Waals surface area contributed by atoms with Crippen LogP contribution in [0.4, 0.5) is 11.4 Å². The summed E-state index contributed by atoms with van der Waals surface area (Å²) in [7, 11) is 0. The van der Waals surface area contributed by atoms with E-state index in [1.165, 1.54) is 0 Å². The fraction of sp³-hybridized carbons (Fsp3) is 0.0667. The SMILES string of the molecule is C/C=C\N1c2ccccc2Oc2ccccc21. The highest BCUT2D eigenvalue weighted by Gasteiger charge is 2.21. The Morgan fingerprint density at radius 1 is 0.882 bits per heavy atom. The van der Waals surface area contributed by atoms with Crippen molar-refractivity contribution in [2.75, 3.05) is 4.90 Å². The lowest BCUT2D eigenvalue weighted by Crippen LogP contribution is -2.14. The van der Waals surface area contributed by atoms with Crippen molar-refractivity contribution in [3.63, 3.8) is 0 Å². The predicted octanol–water partition coefficient (Wildman–Crippen LogP) is 4.46. The van der Waals surface area contributed by atoms with Gasteiger partial charge in [-0.15, -0.1) is 0 Å². The largest absolute Gasteiger partial charge is 0.453 e. The van der Waals surface area contributed by atoms with Gasteiger partial charge in [-0.05, 0) is 31.2 Å². The molecule has 17 heavy (non-hydrogen) atoms. The van der Waals surface area contributed by atoms with E-state index < -0.39 is 0 Å². The van der Waals surface area contributed by atoms with Crippen LogP contribution in [-0.2, 0) is 0 Å². The molecular formula is C15H13NO. The minimum absolute atomic E-state index is 0.893. The van der Waals surface area contributed by atoms with E-state index in [0.29, 0.717) is 0 Å². The number of fused-ring (bicyclic) bond motifs is 2. The summed E-state index contributed by atoms with van der Waals surface area (Å²) in [5, 5.41) is 0. The highest BCUT2D eigenvalue weighted by molar-refractivity contribution is 5.79. The van der Waals surface area contributed by atoms with Crippen molar-refractivity contribution < 1.29 is 4.74 Å². The highest BCUT2D eigenvalue weighted by Crippen LogP contribution is 2.46. The van der Waals surface area contributed by atoms with Gasteiger partial charge in [0.2, 0.25) is 0 Å². The standard InChI is InChI=1S/C15H13NO/c1-2-11-16-12-7-3-5-9-14(12)17-15-10-6-4-8-13(15)16/h2-11H,1H3/b11-2-. The zero-order valence-corrected chi connectivity index (χ0v) is 9.63. The van der Waals surface area contributed by atoms with Crippen LogP contribution in [0.15, 0.2) is 60.8 Å². The predicted molar refractivity (Wildman–Crippen MR) is 69.9 cm³/mol. The summed E-state index contributed by atoms with van der Waals surface area (Å²) >= 11 is 0. The van der Waals surface area contributed by atoms with E-state index in [1.807, 2.05) is 49.4 Å². The number of nitrogens with zero attached hydrogens (tertiary/aromatic N) is 1. The van der Waals surface area contributed by atoms with Crippen LogP contribution in [0.2, 0.25) is 0 Å². The van der Waals surface area contributed by atoms with E-state index in [9.17, 15) is 0 Å². The number of ether oxygens (including phenoxy) is 1. The molecule has 0 saturated carbocycles. The maximum Gasteiger partial charge on any atom is 0.151 e. The minimum Gasteiger partial charge on any atom is -0.453 e. The molecule has 2 aromatic carbocycles. The second kappa shape index (κ2) is 3.98. The van der Waals surface area contributed by atoms with Crippen molar-refractivity contribution in [1.82, 2.24) is 0 Å². The smallest absolute Gasteiger partial charge is 0.151 e. The van der Waals surface area contributed by atoms with Crippen LogP contribution in [0.3, 0.4) is 0 Å². The van der Waals surface area contributed by atoms with Gasteiger partial charge in [-0.3, -0.25) is 0 Å². The molecule has 0 aromatic heterocycles. The zero-order chi connectivity index (χ0) is 11.7. The Morgan fingerprint density at radius 3 is 1.94 bits per heavy atom. The van der Waals surface area contributed by atoms with Crippen molar-refractivity contribution in [2.45, 2.75) is 6.92 Å². The number of para-hydroxylation sites is 4. The van der Waals surface area contributed by atoms with Gasteiger partial charge < -0.3 is 9.64 Å². The van der Waals surface area contributed by atoms with Gasteiger partial charge in [-0.2, -0.15) is 0 Å². The van der Waals surface area contributed by atoms with Gasteiger partial charge in [-0.25, -0.2) is 0 Å². The molecule has 2 aromatic rings. The van der Waals surface area contributed by atoms with E-state index in [4.69, 9.17) is 4.74 Å². The van der Waals surface area contributed by atoms with Crippen LogP contribution in [-0.4, -0.2) is 0 Å². The molecule has 0 fully saturated rings. The average molecular weight is 223 g/mol. The lowest BCUT2D eigenvalue weighted by atomic mass is 10.2. The molecular weight excluding hydrogens is 210 g/mol. The first kappa shape index (κ1) is 9.97. The van der Waals surface area contributed by atoms with Crippen molar-refractivity contribution in [3.8, 4) is 11.5 Å². The molecule has 1 heterocycles. The molecule has 0 unspecified atom stereocenters. The van der Waals surface area contributed by atoms with Gasteiger partial charge in [0, 0.05) is 6.20 Å². The highest BCUT2D eigenvalue weighted by atomic mass is 16.5. The fourth-order valence-corrected chi connectivity index (χ4v) is 2.04. The third-order valence-electron chi connectivity index (χ3n) is 2.77. The van der Waals surface area contributed by atoms with E-state index in [1.54, 1.807) is 0 Å². The van der Waals surface area contributed by atoms with Crippen molar-refractivity contribution >= 4 is 11.4 Å². The Hall–Kier alpha value is -2.22. The molecule has 0 bridgehead atoms. The van der Waals surface area contributed by atoms with Crippen LogP contribution >= 0.6 is 0 Å². The summed E-state index contributed by atoms with van der Waals surface area (Å²) in [6, 6.07) is 16.1. The molecule has 0 spiro atoms. The second-order valence-corrected chi connectivity index (χ2v) is 3.89. The van der Waals surface area contributed by atoms with Crippen molar-refractivity contribution in [2.24, 2.45) is 0 Å². The van der Waals surface area contributed by atoms with Gasteiger partial charge in [0.1, 0.15) is 0 Å². The van der Waals surface area contributed by atoms with Crippen LogP contribution in [0.5, 0.6) is 11.5 Å². The summed E-state index contributed by atoms with van der Waals surface area (Å²) in [6.07, 6.45) is 4.08. The van der Waals surface area contributed by atoms with Gasteiger partial charge in [0.25, 0.3) is 0 Å². The van der Waals surface area contributed by atoms with Gasteiger partial charge in [-0.1, -0.05) is 30.3 Å². The second-order valence-electron chi connectivity index (χ2n) is 3.89. The Balaban J connectivity index is 2.20. The Bertz CT molecular complexity index is 529. The lowest BCUT2D eigenvalue weighted by molar-refractivity contribution is 0.476. The first-order chi connectivity index (χ1) is 8.40. The van der Waals surface area contributed by atoms with E-state index in [0.717, 1.165) is 22.9 Å². The summed E-state index contributed by atoms with van der Waals surface area (Å²) in [5.74, 6) is 1.79. The molecule has 2 heteroatoms. The number of allylic oxidation sites excluding steroid dienone is 1. The quantitative estimate of drug-likeness (QED) is 0.707. The summed E-state index contributed by atoms with van der Waals surface area (Å²) in [5.41, 5.74) is 2.15. The number of rotatable bonds is 1. The number of benzene rings is 2. The molecule has 0 aliphatic carbocycles. The summed E-state index contributed by atoms with van der Waals surface area (Å²) < 4.78 is 5.88. The Labute approximate surface area is 101 Å². The van der Waals surface area contributed by atoms with E-state index >= 15 is 0 Å². The van der Waals surface area contributed by atoms with Gasteiger partial charge in [0.05, 0.1) is 11.4 Å². The van der Waals surface area contributed by atoms with E-state index in [-0.39, 0.29) is 0 Å². The average Bonchev–Trinajstić information content (AvgIpc) is 2.39. The molecule has 2 nitrogen and oxygen atoms in total.